The molecule has 1 unspecified atom stereocenters. The number of aryl methyl sites for hydroxylation is 1. The zero-order valence-corrected chi connectivity index (χ0v) is 15.6. The van der Waals surface area contributed by atoms with E-state index in [-0.39, 0.29) is 0 Å². The maximum Gasteiger partial charge on any atom is 0.116 e. The van der Waals surface area contributed by atoms with Gasteiger partial charge in [0.2, 0.25) is 0 Å². The molecule has 1 atom stereocenters. The standard InChI is InChI=1S/C24H26N2O/c27-20-7-3-5-18(14-20)19-6-4-12-26(16-19)15-17-10-11-24-22(13-17)21-8-1-2-9-23(21)25-24/h1-3,5-9,14,17,25,27H,4,10-13,15-16H2. The predicted molar refractivity (Wildman–Crippen MR) is 111 cm³/mol. The Bertz CT molecular complexity index is 1000. The molecular weight excluding hydrogens is 332 g/mol. The summed E-state index contributed by atoms with van der Waals surface area (Å²) in [7, 11) is 0. The second kappa shape index (κ2) is 6.90. The molecule has 1 aliphatic carbocycles. The first-order chi connectivity index (χ1) is 13.3. The summed E-state index contributed by atoms with van der Waals surface area (Å²) in [6, 6.07) is 16.4. The summed E-state index contributed by atoms with van der Waals surface area (Å²) in [5, 5.41) is 11.2. The summed E-state index contributed by atoms with van der Waals surface area (Å²) in [4.78, 5) is 6.23. The number of hydrogen-bond acceptors (Lipinski definition) is 2. The van der Waals surface area contributed by atoms with Gasteiger partial charge < -0.3 is 10.1 Å². The SMILES string of the molecule is Oc1cccc(C2=CCCN(CC3CCc4[nH]c5ccccc5c4C3)C2)c1. The van der Waals surface area contributed by atoms with E-state index in [0.717, 1.165) is 44.0 Å². The maximum atomic E-state index is 9.79. The second-order valence-corrected chi connectivity index (χ2v) is 8.04. The number of fused-ring (bicyclic) bond motifs is 3. The molecule has 27 heavy (non-hydrogen) atoms. The zero-order valence-electron chi connectivity index (χ0n) is 15.6. The van der Waals surface area contributed by atoms with Crippen LogP contribution < -0.4 is 0 Å². The Morgan fingerprint density at radius 1 is 1.11 bits per heavy atom. The van der Waals surface area contributed by atoms with Gasteiger partial charge in [-0.1, -0.05) is 36.4 Å². The number of benzene rings is 2. The van der Waals surface area contributed by atoms with E-state index in [0.29, 0.717) is 5.75 Å². The van der Waals surface area contributed by atoms with E-state index in [1.165, 1.54) is 35.0 Å². The number of para-hydroxylation sites is 1. The van der Waals surface area contributed by atoms with Crippen LogP contribution in [-0.2, 0) is 12.8 Å². The lowest BCUT2D eigenvalue weighted by Gasteiger charge is -2.32. The molecule has 0 radical (unpaired) electrons. The van der Waals surface area contributed by atoms with E-state index in [1.807, 2.05) is 12.1 Å². The smallest absolute Gasteiger partial charge is 0.116 e. The molecule has 138 valence electrons. The Morgan fingerprint density at radius 2 is 2.04 bits per heavy atom. The quantitative estimate of drug-likeness (QED) is 0.708. The summed E-state index contributed by atoms with van der Waals surface area (Å²) < 4.78 is 0. The van der Waals surface area contributed by atoms with Crippen LogP contribution >= 0.6 is 0 Å². The van der Waals surface area contributed by atoms with Gasteiger partial charge in [0.25, 0.3) is 0 Å². The van der Waals surface area contributed by atoms with Gasteiger partial charge in [0.05, 0.1) is 0 Å². The minimum atomic E-state index is 0.352. The lowest BCUT2D eigenvalue weighted by molar-refractivity contribution is 0.240. The topological polar surface area (TPSA) is 39.3 Å². The third-order valence-corrected chi connectivity index (χ3v) is 6.16. The first kappa shape index (κ1) is 16.6. The van der Waals surface area contributed by atoms with Crippen LogP contribution in [0.1, 0.15) is 29.7 Å². The number of nitrogens with one attached hydrogen (secondary N) is 1. The summed E-state index contributed by atoms with van der Waals surface area (Å²) in [5.74, 6) is 1.07. The monoisotopic (exact) mass is 358 g/mol. The molecule has 0 spiro atoms. The van der Waals surface area contributed by atoms with Gasteiger partial charge in [-0.3, -0.25) is 4.90 Å². The number of phenols is 1. The zero-order chi connectivity index (χ0) is 18.2. The Morgan fingerprint density at radius 3 is 2.96 bits per heavy atom. The molecule has 2 heterocycles. The van der Waals surface area contributed by atoms with Crippen molar-refractivity contribution in [1.29, 1.82) is 0 Å². The summed E-state index contributed by atoms with van der Waals surface area (Å²) in [6.45, 7) is 3.29. The molecule has 2 aliphatic rings. The van der Waals surface area contributed by atoms with Gasteiger partial charge in [-0.25, -0.2) is 0 Å². The Hall–Kier alpha value is -2.52. The molecule has 3 aromatic rings. The van der Waals surface area contributed by atoms with Gasteiger partial charge in [-0.2, -0.15) is 0 Å². The average Bonchev–Trinajstić information content (AvgIpc) is 3.06. The number of aromatic nitrogens is 1. The first-order valence-corrected chi connectivity index (χ1v) is 10.1. The highest BCUT2D eigenvalue weighted by molar-refractivity contribution is 5.84. The molecule has 0 saturated heterocycles. The minimum absolute atomic E-state index is 0.352. The van der Waals surface area contributed by atoms with Crippen molar-refractivity contribution < 1.29 is 5.11 Å². The Labute approximate surface area is 160 Å². The van der Waals surface area contributed by atoms with E-state index < -0.39 is 0 Å². The second-order valence-electron chi connectivity index (χ2n) is 8.04. The van der Waals surface area contributed by atoms with Crippen LogP contribution in [0.4, 0.5) is 0 Å². The van der Waals surface area contributed by atoms with Crippen LogP contribution in [0.5, 0.6) is 5.75 Å². The van der Waals surface area contributed by atoms with E-state index >= 15 is 0 Å². The van der Waals surface area contributed by atoms with Crippen molar-refractivity contribution in [3.8, 4) is 5.75 Å². The fourth-order valence-electron chi connectivity index (χ4n) is 4.84. The number of rotatable bonds is 3. The fourth-order valence-corrected chi connectivity index (χ4v) is 4.84. The Kier molecular flexibility index (Phi) is 4.25. The molecule has 2 N–H and O–H groups in total. The van der Waals surface area contributed by atoms with Crippen molar-refractivity contribution >= 4 is 16.5 Å². The highest BCUT2D eigenvalue weighted by Gasteiger charge is 2.25. The van der Waals surface area contributed by atoms with Gasteiger partial charge in [-0.05, 0) is 66.5 Å². The Balaban J connectivity index is 1.29. The van der Waals surface area contributed by atoms with E-state index in [1.54, 1.807) is 11.6 Å². The van der Waals surface area contributed by atoms with Gasteiger partial charge in [-0.15, -0.1) is 0 Å². The summed E-state index contributed by atoms with van der Waals surface area (Å²) >= 11 is 0. The first-order valence-electron chi connectivity index (χ1n) is 10.1. The minimum Gasteiger partial charge on any atom is -0.508 e. The predicted octanol–water partition coefficient (Wildman–Crippen LogP) is 4.77. The van der Waals surface area contributed by atoms with Crippen LogP contribution in [-0.4, -0.2) is 34.6 Å². The molecule has 3 heteroatoms. The lowest BCUT2D eigenvalue weighted by atomic mass is 9.85. The van der Waals surface area contributed by atoms with Crippen molar-refractivity contribution in [3.05, 3.63) is 71.4 Å². The number of aromatic amines is 1. The highest BCUT2D eigenvalue weighted by atomic mass is 16.3. The molecular formula is C24H26N2O. The third kappa shape index (κ3) is 3.28. The largest absolute Gasteiger partial charge is 0.508 e. The summed E-state index contributed by atoms with van der Waals surface area (Å²) in [5.41, 5.74) is 6.78. The maximum absolute atomic E-state index is 9.79. The number of hydrogen-bond donors (Lipinski definition) is 2. The molecule has 1 aromatic heterocycles. The van der Waals surface area contributed by atoms with Gasteiger partial charge in [0.1, 0.15) is 5.75 Å². The van der Waals surface area contributed by atoms with Crippen LogP contribution in [0.3, 0.4) is 0 Å². The van der Waals surface area contributed by atoms with Crippen molar-refractivity contribution in [3.63, 3.8) is 0 Å². The van der Waals surface area contributed by atoms with Gasteiger partial charge in [0.15, 0.2) is 0 Å². The van der Waals surface area contributed by atoms with Crippen molar-refractivity contribution in [2.45, 2.75) is 25.7 Å². The summed E-state index contributed by atoms with van der Waals surface area (Å²) in [6.07, 6.45) is 7.04. The molecule has 1 aliphatic heterocycles. The molecule has 5 rings (SSSR count). The number of phenolic OH excluding ortho intramolecular Hbond substituents is 1. The number of nitrogens with zero attached hydrogens (tertiary/aromatic N) is 1. The van der Waals surface area contributed by atoms with Crippen LogP contribution in [0.2, 0.25) is 0 Å². The van der Waals surface area contributed by atoms with Gasteiger partial charge >= 0.3 is 0 Å². The van der Waals surface area contributed by atoms with E-state index in [2.05, 4.69) is 46.3 Å². The molecule has 0 fully saturated rings. The fraction of sp³-hybridized carbons (Fsp3) is 0.333. The van der Waals surface area contributed by atoms with Crippen LogP contribution in [0.25, 0.3) is 16.5 Å². The highest BCUT2D eigenvalue weighted by Crippen LogP contribution is 2.33. The molecule has 2 aromatic carbocycles. The van der Waals surface area contributed by atoms with Crippen molar-refractivity contribution in [1.82, 2.24) is 9.88 Å². The van der Waals surface area contributed by atoms with Crippen LogP contribution in [0.15, 0.2) is 54.6 Å². The van der Waals surface area contributed by atoms with Crippen molar-refractivity contribution in [2.24, 2.45) is 5.92 Å². The molecule has 0 bridgehead atoms. The van der Waals surface area contributed by atoms with E-state index in [4.69, 9.17) is 0 Å². The molecule has 0 saturated carbocycles. The average molecular weight is 358 g/mol. The van der Waals surface area contributed by atoms with E-state index in [9.17, 15) is 5.11 Å². The third-order valence-electron chi connectivity index (χ3n) is 6.16. The van der Waals surface area contributed by atoms with Gasteiger partial charge in [0, 0.05) is 36.2 Å². The molecule has 0 amide bonds. The van der Waals surface area contributed by atoms with Crippen molar-refractivity contribution in [2.75, 3.05) is 19.6 Å². The normalized spacial score (nSPS) is 20.4. The molecule has 3 nitrogen and oxygen atoms in total. The number of H-pyrrole nitrogens is 1. The van der Waals surface area contributed by atoms with Crippen LogP contribution in [0, 0.1) is 5.92 Å². The lowest BCUT2D eigenvalue weighted by Crippen LogP contribution is -2.35. The number of aromatic hydroxyl groups is 1.